The third-order valence-electron chi connectivity index (χ3n) is 2.67. The van der Waals surface area contributed by atoms with Gasteiger partial charge in [-0.05, 0) is 26.0 Å². The van der Waals surface area contributed by atoms with Gasteiger partial charge in [-0.15, -0.1) is 11.3 Å². The highest BCUT2D eigenvalue weighted by Gasteiger charge is 2.37. The second-order valence-electron chi connectivity index (χ2n) is 4.13. The third-order valence-corrected chi connectivity index (χ3v) is 6.49. The van der Waals surface area contributed by atoms with Crippen molar-refractivity contribution >= 4 is 33.0 Å². The largest absolute Gasteiger partial charge is 0.378 e. The van der Waals surface area contributed by atoms with E-state index in [2.05, 4.69) is 0 Å². The Morgan fingerprint density at radius 2 is 1.94 bits per heavy atom. The molecule has 0 aromatic carbocycles. The summed E-state index contributed by atoms with van der Waals surface area (Å²) in [6, 6.07) is 2.86. The van der Waals surface area contributed by atoms with Crippen molar-refractivity contribution in [1.82, 2.24) is 4.31 Å². The predicted molar refractivity (Wildman–Crippen MR) is 68.1 cm³/mol. The van der Waals surface area contributed by atoms with E-state index in [9.17, 15) is 8.42 Å². The normalized spacial score (nSPS) is 27.2. The third kappa shape index (κ3) is 2.51. The lowest BCUT2D eigenvalue weighted by molar-refractivity contribution is 0.00645. The number of rotatable bonds is 2. The van der Waals surface area contributed by atoms with Crippen molar-refractivity contribution in [2.24, 2.45) is 0 Å². The van der Waals surface area contributed by atoms with Crippen molar-refractivity contribution in [2.75, 3.05) is 13.2 Å². The van der Waals surface area contributed by atoms with E-state index in [1.807, 2.05) is 13.8 Å². The summed E-state index contributed by atoms with van der Waals surface area (Å²) < 4.78 is 32.5. The fourth-order valence-corrected chi connectivity index (χ4v) is 5.38. The summed E-state index contributed by atoms with van der Waals surface area (Å²) in [6.07, 6.45) is 0. The smallest absolute Gasteiger partial charge is 0.253 e. The fraction of sp³-hybridized carbons (Fsp3) is 0.600. The Bertz CT molecular complexity index is 489. The van der Waals surface area contributed by atoms with Gasteiger partial charge in [0.2, 0.25) is 0 Å². The number of morpholine rings is 1. The Morgan fingerprint density at radius 1 is 1.35 bits per heavy atom. The van der Waals surface area contributed by atoms with E-state index in [0.717, 1.165) is 11.3 Å². The molecule has 2 atom stereocenters. The first-order chi connectivity index (χ1) is 7.93. The highest BCUT2D eigenvalue weighted by atomic mass is 35.5. The van der Waals surface area contributed by atoms with Crippen molar-refractivity contribution in [3.05, 3.63) is 16.5 Å². The lowest BCUT2D eigenvalue weighted by Crippen LogP contribution is -2.52. The van der Waals surface area contributed by atoms with Crippen LogP contribution >= 0.6 is 22.9 Å². The minimum atomic E-state index is -3.45. The Hall–Kier alpha value is -0.140. The molecular formula is C10H14ClNO3S2. The molecule has 0 aliphatic carbocycles. The highest BCUT2D eigenvalue weighted by molar-refractivity contribution is 7.91. The minimum absolute atomic E-state index is 0.148. The van der Waals surface area contributed by atoms with E-state index >= 15 is 0 Å². The molecule has 96 valence electrons. The maximum absolute atomic E-state index is 12.4. The van der Waals surface area contributed by atoms with Gasteiger partial charge in [0.15, 0.2) is 0 Å². The van der Waals surface area contributed by atoms with Crippen LogP contribution in [0.2, 0.25) is 4.34 Å². The second kappa shape index (κ2) is 4.85. The first-order valence-corrected chi connectivity index (χ1v) is 7.93. The van der Waals surface area contributed by atoms with Crippen LogP contribution in [0, 0.1) is 0 Å². The fourth-order valence-electron chi connectivity index (χ4n) is 2.00. The molecule has 0 N–H and O–H groups in total. The molecule has 17 heavy (non-hydrogen) atoms. The zero-order valence-electron chi connectivity index (χ0n) is 9.59. The molecule has 1 aliphatic heterocycles. The number of sulfonamides is 1. The molecule has 1 aromatic heterocycles. The van der Waals surface area contributed by atoms with Crippen LogP contribution in [0.15, 0.2) is 16.3 Å². The molecule has 1 aliphatic rings. The maximum Gasteiger partial charge on any atom is 0.253 e. The van der Waals surface area contributed by atoms with Gasteiger partial charge in [-0.25, -0.2) is 8.42 Å². The number of halogens is 1. The molecule has 1 fully saturated rings. The van der Waals surface area contributed by atoms with Gasteiger partial charge < -0.3 is 4.74 Å². The van der Waals surface area contributed by atoms with Crippen LogP contribution in [0.5, 0.6) is 0 Å². The van der Waals surface area contributed by atoms with E-state index in [4.69, 9.17) is 16.3 Å². The van der Waals surface area contributed by atoms with Crippen LogP contribution in [-0.4, -0.2) is 38.0 Å². The first-order valence-electron chi connectivity index (χ1n) is 5.29. The van der Waals surface area contributed by atoms with Crippen LogP contribution < -0.4 is 0 Å². The highest BCUT2D eigenvalue weighted by Crippen LogP contribution is 2.31. The molecule has 1 aromatic rings. The molecule has 4 nitrogen and oxygen atoms in total. The summed E-state index contributed by atoms with van der Waals surface area (Å²) in [6.45, 7) is 4.57. The Morgan fingerprint density at radius 3 is 2.41 bits per heavy atom. The van der Waals surface area contributed by atoms with Crippen LogP contribution in [0.4, 0.5) is 0 Å². The van der Waals surface area contributed by atoms with Gasteiger partial charge in [0.25, 0.3) is 10.0 Å². The van der Waals surface area contributed by atoms with Crippen molar-refractivity contribution < 1.29 is 13.2 Å². The number of thiophene rings is 1. The standard InChI is InChI=1S/C10H14ClNO3S2/c1-7-5-15-6-8(2)12(7)17(13,14)10-4-3-9(11)16-10/h3-4,7-8H,5-6H2,1-2H3. The number of nitrogens with zero attached hydrogens (tertiary/aromatic N) is 1. The Balaban J connectivity index is 2.37. The summed E-state index contributed by atoms with van der Waals surface area (Å²) >= 11 is 6.88. The molecule has 0 bridgehead atoms. The topological polar surface area (TPSA) is 46.6 Å². The van der Waals surface area contributed by atoms with Crippen molar-refractivity contribution in [1.29, 1.82) is 0 Å². The van der Waals surface area contributed by atoms with Crippen LogP contribution in [0.25, 0.3) is 0 Å². The molecule has 0 amide bonds. The number of hydrogen-bond donors (Lipinski definition) is 0. The predicted octanol–water partition coefficient (Wildman–Crippen LogP) is 2.20. The lowest BCUT2D eigenvalue weighted by Gasteiger charge is -2.37. The summed E-state index contributed by atoms with van der Waals surface area (Å²) in [5, 5.41) is 0. The SMILES string of the molecule is CC1COCC(C)N1S(=O)(=O)c1ccc(Cl)s1. The van der Waals surface area contributed by atoms with Gasteiger partial charge in [-0.3, -0.25) is 0 Å². The van der Waals surface area contributed by atoms with Crippen LogP contribution in [0.3, 0.4) is 0 Å². The molecular weight excluding hydrogens is 282 g/mol. The van der Waals surface area contributed by atoms with E-state index in [1.54, 1.807) is 12.1 Å². The molecule has 0 spiro atoms. The first kappa shape index (κ1) is 13.3. The van der Waals surface area contributed by atoms with Gasteiger partial charge in [0.1, 0.15) is 4.21 Å². The van der Waals surface area contributed by atoms with E-state index in [1.165, 1.54) is 4.31 Å². The monoisotopic (exact) mass is 295 g/mol. The summed E-state index contributed by atoms with van der Waals surface area (Å²) in [4.78, 5) is 0. The van der Waals surface area contributed by atoms with Gasteiger partial charge in [-0.1, -0.05) is 11.6 Å². The summed E-state index contributed by atoms with van der Waals surface area (Å²) in [5.74, 6) is 0. The molecule has 2 rings (SSSR count). The van der Waals surface area contributed by atoms with E-state index < -0.39 is 10.0 Å². The molecule has 7 heteroatoms. The zero-order chi connectivity index (χ0) is 12.6. The van der Waals surface area contributed by atoms with Gasteiger partial charge in [0.05, 0.1) is 17.6 Å². The Kier molecular flexibility index (Phi) is 3.80. The molecule has 0 radical (unpaired) electrons. The molecule has 2 heterocycles. The average molecular weight is 296 g/mol. The van der Waals surface area contributed by atoms with Gasteiger partial charge in [-0.2, -0.15) is 4.31 Å². The quantitative estimate of drug-likeness (QED) is 0.840. The van der Waals surface area contributed by atoms with Crippen LogP contribution in [0.1, 0.15) is 13.8 Å². The summed E-state index contributed by atoms with van der Waals surface area (Å²) in [7, 11) is -3.45. The average Bonchev–Trinajstić information content (AvgIpc) is 2.64. The number of ether oxygens (including phenoxy) is 1. The van der Waals surface area contributed by atoms with E-state index in [-0.39, 0.29) is 12.1 Å². The van der Waals surface area contributed by atoms with E-state index in [0.29, 0.717) is 21.8 Å². The molecule has 0 saturated carbocycles. The Labute approximate surface area is 110 Å². The zero-order valence-corrected chi connectivity index (χ0v) is 12.0. The van der Waals surface area contributed by atoms with Gasteiger partial charge in [0, 0.05) is 12.1 Å². The van der Waals surface area contributed by atoms with Gasteiger partial charge >= 0.3 is 0 Å². The van der Waals surface area contributed by atoms with Crippen molar-refractivity contribution in [3.8, 4) is 0 Å². The van der Waals surface area contributed by atoms with Crippen molar-refractivity contribution in [3.63, 3.8) is 0 Å². The van der Waals surface area contributed by atoms with Crippen molar-refractivity contribution in [2.45, 2.75) is 30.1 Å². The number of hydrogen-bond acceptors (Lipinski definition) is 4. The van der Waals surface area contributed by atoms with Crippen LogP contribution in [-0.2, 0) is 14.8 Å². The molecule has 1 saturated heterocycles. The second-order valence-corrected chi connectivity index (χ2v) is 7.91. The molecule has 2 unspecified atom stereocenters. The lowest BCUT2D eigenvalue weighted by atomic mass is 10.2. The summed E-state index contributed by atoms with van der Waals surface area (Å²) in [5.41, 5.74) is 0. The minimum Gasteiger partial charge on any atom is -0.378 e. The maximum atomic E-state index is 12.4.